The Morgan fingerprint density at radius 3 is 1.87 bits per heavy atom. The van der Waals surface area contributed by atoms with Crippen molar-refractivity contribution in [2.75, 3.05) is 21.3 Å². The number of rotatable bonds is 9. The lowest BCUT2D eigenvalue weighted by atomic mass is 9.97. The van der Waals surface area contributed by atoms with Gasteiger partial charge >= 0.3 is 0 Å². The van der Waals surface area contributed by atoms with Crippen molar-refractivity contribution < 1.29 is 14.2 Å². The zero-order valence-corrected chi connectivity index (χ0v) is 18.4. The number of ether oxygens (including phenoxy) is 3. The number of nitrogens with one attached hydrogen (secondary N) is 1. The van der Waals surface area contributed by atoms with Gasteiger partial charge < -0.3 is 19.2 Å². The first-order valence-electron chi connectivity index (χ1n) is 10.6. The maximum absolute atomic E-state index is 5.76. The van der Waals surface area contributed by atoms with Gasteiger partial charge in [0.2, 0.25) is 5.75 Å². The van der Waals surface area contributed by atoms with Gasteiger partial charge in [0.15, 0.2) is 11.5 Å². The van der Waals surface area contributed by atoms with Crippen LogP contribution in [0.1, 0.15) is 22.4 Å². The monoisotopic (exact) mass is 415 g/mol. The van der Waals surface area contributed by atoms with Crippen molar-refractivity contribution >= 4 is 10.9 Å². The van der Waals surface area contributed by atoms with Gasteiger partial charge in [0, 0.05) is 11.2 Å². The number of aryl methyl sites for hydroxylation is 4. The molecular weight excluding hydrogens is 386 g/mol. The van der Waals surface area contributed by atoms with Gasteiger partial charge in [-0.25, -0.2) is 0 Å². The van der Waals surface area contributed by atoms with Crippen LogP contribution in [-0.4, -0.2) is 26.3 Å². The van der Waals surface area contributed by atoms with Crippen molar-refractivity contribution in [1.82, 2.24) is 4.98 Å². The zero-order valence-electron chi connectivity index (χ0n) is 18.4. The molecule has 0 amide bonds. The Kier molecular flexibility index (Phi) is 6.46. The maximum atomic E-state index is 5.76. The van der Waals surface area contributed by atoms with Crippen LogP contribution in [0, 0.1) is 0 Å². The molecule has 31 heavy (non-hydrogen) atoms. The minimum atomic E-state index is 0.669. The normalized spacial score (nSPS) is 10.9. The molecule has 1 N–H and O–H groups in total. The lowest BCUT2D eigenvalue weighted by Gasteiger charge is -2.19. The van der Waals surface area contributed by atoms with Gasteiger partial charge in [-0.2, -0.15) is 0 Å². The van der Waals surface area contributed by atoms with E-state index < -0.39 is 0 Å². The van der Waals surface area contributed by atoms with E-state index in [1.54, 1.807) is 21.3 Å². The molecule has 4 rings (SSSR count). The highest BCUT2D eigenvalue weighted by molar-refractivity contribution is 5.80. The Labute approximate surface area is 183 Å². The fraction of sp³-hybridized carbons (Fsp3) is 0.259. The quantitative estimate of drug-likeness (QED) is 0.378. The van der Waals surface area contributed by atoms with Crippen molar-refractivity contribution in [3.63, 3.8) is 0 Å². The smallest absolute Gasteiger partial charge is 0.203 e. The Balaban J connectivity index is 1.63. The SMILES string of the molecule is COc1c(CCc2ccccc2)cc(CCc2cc3ccccc3[nH]2)c(OC)c1OC. The summed E-state index contributed by atoms with van der Waals surface area (Å²) in [6, 6.07) is 23.3. The lowest BCUT2D eigenvalue weighted by molar-refractivity contribution is 0.320. The Bertz CT molecular complexity index is 1120. The molecule has 0 fully saturated rings. The third kappa shape index (κ3) is 4.53. The number of hydrogen-bond acceptors (Lipinski definition) is 3. The van der Waals surface area contributed by atoms with E-state index in [4.69, 9.17) is 14.2 Å². The predicted octanol–water partition coefficient (Wildman–Crippen LogP) is 5.76. The van der Waals surface area contributed by atoms with Crippen molar-refractivity contribution in [1.29, 1.82) is 0 Å². The molecule has 160 valence electrons. The first kappa shape index (κ1) is 20.9. The molecule has 1 heterocycles. The summed E-state index contributed by atoms with van der Waals surface area (Å²) in [6.07, 6.45) is 3.54. The van der Waals surface area contributed by atoms with Crippen LogP contribution >= 0.6 is 0 Å². The number of methoxy groups -OCH3 is 3. The third-order valence-corrected chi connectivity index (χ3v) is 5.73. The second-order valence-corrected chi connectivity index (χ2v) is 7.66. The average Bonchev–Trinajstić information content (AvgIpc) is 3.24. The van der Waals surface area contributed by atoms with Crippen LogP contribution in [0.2, 0.25) is 0 Å². The van der Waals surface area contributed by atoms with Gasteiger partial charge in [0.05, 0.1) is 21.3 Å². The first-order chi connectivity index (χ1) is 15.2. The van der Waals surface area contributed by atoms with Crippen LogP contribution in [0.15, 0.2) is 66.7 Å². The molecule has 0 saturated heterocycles. The fourth-order valence-corrected chi connectivity index (χ4v) is 4.20. The molecule has 0 radical (unpaired) electrons. The number of aromatic nitrogens is 1. The highest BCUT2D eigenvalue weighted by atomic mass is 16.5. The highest BCUT2D eigenvalue weighted by Crippen LogP contribution is 2.43. The number of benzene rings is 3. The molecule has 0 atom stereocenters. The molecule has 0 saturated carbocycles. The minimum absolute atomic E-state index is 0.669. The Hall–Kier alpha value is -3.40. The van der Waals surface area contributed by atoms with E-state index >= 15 is 0 Å². The Morgan fingerprint density at radius 1 is 0.613 bits per heavy atom. The van der Waals surface area contributed by atoms with Crippen LogP contribution in [0.4, 0.5) is 0 Å². The number of para-hydroxylation sites is 1. The van der Waals surface area contributed by atoms with Crippen molar-refractivity contribution in [3.8, 4) is 17.2 Å². The molecule has 0 aliphatic carbocycles. The topological polar surface area (TPSA) is 43.5 Å². The summed E-state index contributed by atoms with van der Waals surface area (Å²) < 4.78 is 17.2. The fourth-order valence-electron chi connectivity index (χ4n) is 4.20. The van der Waals surface area contributed by atoms with Gasteiger partial charge in [0.25, 0.3) is 0 Å². The summed E-state index contributed by atoms with van der Waals surface area (Å²) in [4.78, 5) is 3.52. The molecule has 4 aromatic rings. The van der Waals surface area contributed by atoms with E-state index in [2.05, 4.69) is 65.6 Å². The summed E-state index contributed by atoms with van der Waals surface area (Å²) in [5, 5.41) is 1.24. The standard InChI is InChI=1S/C27H29NO3/c1-29-25-21(14-13-19-9-5-4-6-10-19)17-22(26(30-2)27(25)31-3)15-16-23-18-20-11-7-8-12-24(20)28-23/h4-12,17-18,28H,13-16H2,1-3H3. The van der Waals surface area contributed by atoms with Crippen molar-refractivity contribution in [2.24, 2.45) is 0 Å². The van der Waals surface area contributed by atoms with Crippen molar-refractivity contribution in [2.45, 2.75) is 25.7 Å². The zero-order chi connectivity index (χ0) is 21.6. The number of fused-ring (bicyclic) bond motifs is 1. The predicted molar refractivity (Wildman–Crippen MR) is 126 cm³/mol. The molecule has 0 spiro atoms. The van der Waals surface area contributed by atoms with E-state index in [0.29, 0.717) is 5.75 Å². The van der Waals surface area contributed by atoms with Gasteiger partial charge in [0.1, 0.15) is 0 Å². The van der Waals surface area contributed by atoms with E-state index in [1.807, 2.05) is 6.07 Å². The molecule has 0 aliphatic heterocycles. The molecule has 0 unspecified atom stereocenters. The second kappa shape index (κ2) is 9.61. The van der Waals surface area contributed by atoms with Crippen molar-refractivity contribution in [3.05, 3.63) is 89.1 Å². The third-order valence-electron chi connectivity index (χ3n) is 5.73. The molecule has 4 heteroatoms. The Morgan fingerprint density at radius 2 is 1.23 bits per heavy atom. The van der Waals surface area contributed by atoms with Crippen LogP contribution < -0.4 is 14.2 Å². The summed E-state index contributed by atoms with van der Waals surface area (Å²) >= 11 is 0. The molecule has 1 aromatic heterocycles. The average molecular weight is 416 g/mol. The molecule has 3 aromatic carbocycles. The van der Waals surface area contributed by atoms with E-state index in [9.17, 15) is 0 Å². The number of aromatic amines is 1. The highest BCUT2D eigenvalue weighted by Gasteiger charge is 2.20. The summed E-state index contributed by atoms with van der Waals surface area (Å²) in [7, 11) is 5.05. The first-order valence-corrected chi connectivity index (χ1v) is 10.6. The van der Waals surface area contributed by atoms with E-state index in [1.165, 1.54) is 22.2 Å². The molecule has 0 bridgehead atoms. The van der Waals surface area contributed by atoms with Crippen LogP contribution in [0.3, 0.4) is 0 Å². The summed E-state index contributed by atoms with van der Waals surface area (Å²) in [5.41, 5.74) is 5.95. The summed E-state index contributed by atoms with van der Waals surface area (Å²) in [6.45, 7) is 0. The van der Waals surface area contributed by atoms with E-state index in [0.717, 1.165) is 48.3 Å². The van der Waals surface area contributed by atoms with Gasteiger partial charge in [-0.1, -0.05) is 48.5 Å². The summed E-state index contributed by atoms with van der Waals surface area (Å²) in [5.74, 6) is 2.17. The maximum Gasteiger partial charge on any atom is 0.203 e. The van der Waals surface area contributed by atoms with Gasteiger partial charge in [-0.05, 0) is 66.0 Å². The lowest BCUT2D eigenvalue weighted by Crippen LogP contribution is -2.05. The van der Waals surface area contributed by atoms with Gasteiger partial charge in [-0.3, -0.25) is 0 Å². The molecule has 0 aliphatic rings. The largest absolute Gasteiger partial charge is 0.492 e. The number of H-pyrrole nitrogens is 1. The van der Waals surface area contributed by atoms with Gasteiger partial charge in [-0.15, -0.1) is 0 Å². The minimum Gasteiger partial charge on any atom is -0.492 e. The number of hydrogen-bond donors (Lipinski definition) is 1. The van der Waals surface area contributed by atoms with E-state index in [-0.39, 0.29) is 0 Å². The second-order valence-electron chi connectivity index (χ2n) is 7.66. The molecule has 4 nitrogen and oxygen atoms in total. The van der Waals surface area contributed by atoms with Crippen LogP contribution in [-0.2, 0) is 25.7 Å². The van der Waals surface area contributed by atoms with Crippen LogP contribution in [0.25, 0.3) is 10.9 Å². The van der Waals surface area contributed by atoms with Crippen LogP contribution in [0.5, 0.6) is 17.2 Å². The molecular formula is C27H29NO3.